The summed E-state index contributed by atoms with van der Waals surface area (Å²) in [7, 11) is 1.93. The van der Waals surface area contributed by atoms with Crippen LogP contribution in [0.25, 0.3) is 10.6 Å². The van der Waals surface area contributed by atoms with Gasteiger partial charge in [0, 0.05) is 22.9 Å². The Morgan fingerprint density at radius 3 is 2.83 bits per heavy atom. The molecule has 0 unspecified atom stereocenters. The van der Waals surface area contributed by atoms with Gasteiger partial charge in [0.15, 0.2) is 0 Å². The molecule has 0 aliphatic heterocycles. The van der Waals surface area contributed by atoms with Crippen LogP contribution in [-0.4, -0.2) is 18.6 Å². The van der Waals surface area contributed by atoms with Crippen molar-refractivity contribution in [3.63, 3.8) is 0 Å². The summed E-state index contributed by atoms with van der Waals surface area (Å²) in [5.74, 6) is -0.223. The first-order valence-electron chi connectivity index (χ1n) is 5.89. The fraction of sp³-hybridized carbons (Fsp3) is 0.357. The number of rotatable bonds is 4. The number of aromatic nitrogens is 1. The van der Waals surface area contributed by atoms with Gasteiger partial charge in [-0.1, -0.05) is 26.0 Å². The lowest BCUT2D eigenvalue weighted by Gasteiger charge is -2.21. The van der Waals surface area contributed by atoms with E-state index in [-0.39, 0.29) is 11.2 Å². The van der Waals surface area contributed by atoms with E-state index in [0.29, 0.717) is 0 Å². The first-order valence-corrected chi connectivity index (χ1v) is 6.77. The molecule has 0 fully saturated rings. The average Bonchev–Trinajstić information content (AvgIpc) is 2.78. The van der Waals surface area contributed by atoms with Crippen LogP contribution in [0.2, 0.25) is 0 Å². The third-order valence-electron chi connectivity index (χ3n) is 2.89. The Balaban J connectivity index is 2.31. The lowest BCUT2D eigenvalue weighted by Crippen LogP contribution is -2.30. The summed E-state index contributed by atoms with van der Waals surface area (Å²) in [6.07, 6.45) is 0. The van der Waals surface area contributed by atoms with Crippen LogP contribution in [-0.2, 0) is 5.41 Å². The highest BCUT2D eigenvalue weighted by Crippen LogP contribution is 2.29. The van der Waals surface area contributed by atoms with Gasteiger partial charge in [0.2, 0.25) is 0 Å². The predicted octanol–water partition coefficient (Wildman–Crippen LogP) is 3.45. The van der Waals surface area contributed by atoms with Gasteiger partial charge in [0.1, 0.15) is 10.8 Å². The summed E-state index contributed by atoms with van der Waals surface area (Å²) in [6.45, 7) is 5.15. The highest BCUT2D eigenvalue weighted by atomic mass is 32.1. The molecule has 0 aliphatic rings. The fourth-order valence-corrected chi connectivity index (χ4v) is 2.88. The molecule has 1 aromatic carbocycles. The number of thiazole rings is 1. The van der Waals surface area contributed by atoms with Crippen molar-refractivity contribution in [2.45, 2.75) is 19.3 Å². The number of hydrogen-bond donors (Lipinski definition) is 1. The molecule has 1 N–H and O–H groups in total. The quantitative estimate of drug-likeness (QED) is 0.915. The highest BCUT2D eigenvalue weighted by Gasteiger charge is 2.23. The summed E-state index contributed by atoms with van der Waals surface area (Å²) in [4.78, 5) is 4.62. The lowest BCUT2D eigenvalue weighted by atomic mass is 9.90. The van der Waals surface area contributed by atoms with E-state index in [1.54, 1.807) is 17.4 Å². The third-order valence-corrected chi connectivity index (χ3v) is 3.78. The van der Waals surface area contributed by atoms with Gasteiger partial charge in [0.25, 0.3) is 0 Å². The summed E-state index contributed by atoms with van der Waals surface area (Å²) in [6, 6.07) is 6.57. The highest BCUT2D eigenvalue weighted by molar-refractivity contribution is 7.13. The van der Waals surface area contributed by atoms with E-state index in [0.717, 1.165) is 22.8 Å². The van der Waals surface area contributed by atoms with Crippen molar-refractivity contribution in [1.29, 1.82) is 0 Å². The van der Waals surface area contributed by atoms with Gasteiger partial charge in [-0.25, -0.2) is 9.37 Å². The van der Waals surface area contributed by atoms with Crippen molar-refractivity contribution < 1.29 is 4.39 Å². The molecular formula is C14H17FN2S. The molecule has 0 atom stereocenters. The Bertz CT molecular complexity index is 534. The first-order chi connectivity index (χ1) is 8.53. The van der Waals surface area contributed by atoms with Crippen LogP contribution < -0.4 is 5.32 Å². The fourth-order valence-electron chi connectivity index (χ4n) is 1.87. The zero-order chi connectivity index (χ0) is 13.2. The van der Waals surface area contributed by atoms with E-state index in [1.165, 1.54) is 12.1 Å². The maximum atomic E-state index is 13.2. The molecule has 0 bridgehead atoms. The molecule has 2 aromatic rings. The van der Waals surface area contributed by atoms with Crippen molar-refractivity contribution in [2.24, 2.45) is 0 Å². The Kier molecular flexibility index (Phi) is 3.78. The predicted molar refractivity (Wildman–Crippen MR) is 74.5 cm³/mol. The summed E-state index contributed by atoms with van der Waals surface area (Å²) in [5.41, 5.74) is 1.87. The molecule has 1 heterocycles. The molecule has 0 amide bonds. The van der Waals surface area contributed by atoms with E-state index in [2.05, 4.69) is 29.5 Å². The second-order valence-corrected chi connectivity index (χ2v) is 5.82. The van der Waals surface area contributed by atoms with Gasteiger partial charge in [-0.05, 0) is 19.2 Å². The molecule has 2 rings (SSSR count). The second kappa shape index (κ2) is 5.16. The van der Waals surface area contributed by atoms with Crippen LogP contribution in [0.3, 0.4) is 0 Å². The molecule has 0 saturated carbocycles. The first kappa shape index (κ1) is 13.2. The van der Waals surface area contributed by atoms with Crippen LogP contribution in [0.5, 0.6) is 0 Å². The van der Waals surface area contributed by atoms with Gasteiger partial charge in [-0.15, -0.1) is 11.3 Å². The summed E-state index contributed by atoms with van der Waals surface area (Å²) in [5, 5.41) is 6.09. The molecule has 0 spiro atoms. The molecule has 96 valence electrons. The Morgan fingerprint density at radius 2 is 2.17 bits per heavy atom. The minimum absolute atomic E-state index is 0.0170. The van der Waals surface area contributed by atoms with Crippen LogP contribution in [0, 0.1) is 5.82 Å². The van der Waals surface area contributed by atoms with Gasteiger partial charge < -0.3 is 5.32 Å². The molecule has 0 radical (unpaired) electrons. The van der Waals surface area contributed by atoms with E-state index in [9.17, 15) is 4.39 Å². The van der Waals surface area contributed by atoms with Gasteiger partial charge in [0.05, 0.1) is 5.69 Å². The summed E-state index contributed by atoms with van der Waals surface area (Å²) >= 11 is 1.56. The number of likely N-dealkylation sites (N-methyl/N-ethyl adjacent to an activating group) is 1. The number of nitrogens with zero attached hydrogens (tertiary/aromatic N) is 1. The minimum Gasteiger partial charge on any atom is -0.319 e. The topological polar surface area (TPSA) is 24.9 Å². The van der Waals surface area contributed by atoms with Crippen molar-refractivity contribution >= 4 is 11.3 Å². The average molecular weight is 264 g/mol. The number of hydrogen-bond acceptors (Lipinski definition) is 3. The van der Waals surface area contributed by atoms with Crippen molar-refractivity contribution in [3.8, 4) is 10.6 Å². The van der Waals surface area contributed by atoms with Gasteiger partial charge >= 0.3 is 0 Å². The maximum absolute atomic E-state index is 13.2. The second-order valence-electron chi connectivity index (χ2n) is 4.96. The van der Waals surface area contributed by atoms with E-state index < -0.39 is 0 Å². The normalized spacial score (nSPS) is 11.8. The molecule has 1 aromatic heterocycles. The van der Waals surface area contributed by atoms with Crippen LogP contribution in [0.4, 0.5) is 4.39 Å². The van der Waals surface area contributed by atoms with Crippen LogP contribution in [0.15, 0.2) is 29.6 Å². The van der Waals surface area contributed by atoms with E-state index in [1.807, 2.05) is 13.1 Å². The van der Waals surface area contributed by atoms with E-state index in [4.69, 9.17) is 0 Å². The Hall–Kier alpha value is -1.26. The molecule has 18 heavy (non-hydrogen) atoms. The molecule has 0 saturated heterocycles. The van der Waals surface area contributed by atoms with Crippen molar-refractivity contribution in [2.75, 3.05) is 13.6 Å². The van der Waals surface area contributed by atoms with Crippen LogP contribution in [0.1, 0.15) is 19.5 Å². The monoisotopic (exact) mass is 264 g/mol. The Morgan fingerprint density at radius 1 is 1.39 bits per heavy atom. The number of halogens is 1. The van der Waals surface area contributed by atoms with Crippen molar-refractivity contribution in [1.82, 2.24) is 10.3 Å². The van der Waals surface area contributed by atoms with E-state index >= 15 is 0 Å². The molecule has 2 nitrogen and oxygen atoms in total. The maximum Gasteiger partial charge on any atom is 0.123 e. The van der Waals surface area contributed by atoms with Crippen molar-refractivity contribution in [3.05, 3.63) is 41.2 Å². The number of benzene rings is 1. The lowest BCUT2D eigenvalue weighted by molar-refractivity contribution is 0.483. The van der Waals surface area contributed by atoms with Gasteiger partial charge in [-0.3, -0.25) is 0 Å². The number of nitrogens with one attached hydrogen (secondary N) is 1. The Labute approximate surface area is 111 Å². The smallest absolute Gasteiger partial charge is 0.123 e. The molecule has 4 heteroatoms. The zero-order valence-corrected chi connectivity index (χ0v) is 11.6. The SMILES string of the molecule is CNCC(C)(C)c1csc(-c2cccc(F)c2)n1. The third kappa shape index (κ3) is 2.76. The molecular weight excluding hydrogens is 247 g/mol. The van der Waals surface area contributed by atoms with Crippen LogP contribution >= 0.6 is 11.3 Å². The standard InChI is InChI=1S/C14H17FN2S/c1-14(2,9-16-3)12-8-18-13(17-12)10-5-4-6-11(15)7-10/h4-8,16H,9H2,1-3H3. The minimum atomic E-state index is -0.223. The largest absolute Gasteiger partial charge is 0.319 e. The summed E-state index contributed by atoms with van der Waals surface area (Å²) < 4.78 is 13.2. The van der Waals surface area contributed by atoms with Gasteiger partial charge in [-0.2, -0.15) is 0 Å². The zero-order valence-electron chi connectivity index (χ0n) is 10.8. The molecule has 0 aliphatic carbocycles.